The van der Waals surface area contributed by atoms with Crippen LogP contribution in [-0.4, -0.2) is 32.6 Å². The molecule has 34 heavy (non-hydrogen) atoms. The largest absolute Gasteiger partial charge is 0.493 e. The molecule has 2 aromatic carbocycles. The molecule has 0 spiro atoms. The Balaban J connectivity index is 1.78. The first-order valence-corrected chi connectivity index (χ1v) is 12.0. The number of hydrogen-bond acceptors (Lipinski definition) is 6. The molecule has 1 aliphatic carbocycles. The van der Waals surface area contributed by atoms with Crippen molar-refractivity contribution in [2.75, 3.05) is 20.8 Å². The summed E-state index contributed by atoms with van der Waals surface area (Å²) in [4.78, 5) is 26.7. The molecule has 0 saturated carbocycles. The van der Waals surface area contributed by atoms with Crippen molar-refractivity contribution in [1.82, 2.24) is 5.32 Å². The van der Waals surface area contributed by atoms with E-state index in [4.69, 9.17) is 14.2 Å². The minimum absolute atomic E-state index is 0.0103. The van der Waals surface area contributed by atoms with Gasteiger partial charge in [0.05, 0.1) is 20.8 Å². The normalized spacial score (nSPS) is 22.1. The Kier molecular flexibility index (Phi) is 7.12. The highest BCUT2D eigenvalue weighted by atomic mass is 79.9. The smallest absolute Gasteiger partial charge is 0.315 e. The molecule has 1 N–H and O–H groups in total. The lowest BCUT2D eigenvalue weighted by Crippen LogP contribution is -2.42. The number of ether oxygens (including phenoxy) is 3. The Morgan fingerprint density at radius 1 is 1.12 bits per heavy atom. The van der Waals surface area contributed by atoms with E-state index in [9.17, 15) is 9.59 Å². The van der Waals surface area contributed by atoms with Crippen molar-refractivity contribution in [2.24, 2.45) is 5.92 Å². The summed E-state index contributed by atoms with van der Waals surface area (Å²) in [5, 5.41) is 3.30. The van der Waals surface area contributed by atoms with E-state index in [2.05, 4.69) is 27.8 Å². The van der Waals surface area contributed by atoms with Crippen LogP contribution in [0.15, 0.2) is 70.5 Å². The highest BCUT2D eigenvalue weighted by Crippen LogP contribution is 2.49. The molecule has 3 atom stereocenters. The highest BCUT2D eigenvalue weighted by molar-refractivity contribution is 9.10. The molecule has 7 heteroatoms. The molecular weight excluding hydrogens is 498 g/mol. The lowest BCUT2D eigenvalue weighted by Gasteiger charge is -2.40. The second-order valence-corrected chi connectivity index (χ2v) is 9.27. The minimum Gasteiger partial charge on any atom is -0.493 e. The van der Waals surface area contributed by atoms with Gasteiger partial charge in [0.15, 0.2) is 17.3 Å². The van der Waals surface area contributed by atoms with Gasteiger partial charge >= 0.3 is 5.97 Å². The fourth-order valence-electron chi connectivity index (χ4n) is 4.96. The van der Waals surface area contributed by atoms with Crippen LogP contribution >= 0.6 is 15.9 Å². The average Bonchev–Trinajstić information content (AvgIpc) is 2.83. The molecule has 0 saturated heterocycles. The van der Waals surface area contributed by atoms with Gasteiger partial charge in [-0.2, -0.15) is 0 Å². The zero-order valence-corrected chi connectivity index (χ0v) is 21.1. The Hall–Kier alpha value is -3.06. The number of halogens is 1. The van der Waals surface area contributed by atoms with Gasteiger partial charge in [0, 0.05) is 33.8 Å². The number of ketones is 1. The zero-order valence-electron chi connectivity index (χ0n) is 19.5. The summed E-state index contributed by atoms with van der Waals surface area (Å²) in [5.41, 5.74) is 3.85. The van der Waals surface area contributed by atoms with E-state index in [1.807, 2.05) is 42.5 Å². The van der Waals surface area contributed by atoms with Crippen molar-refractivity contribution in [3.05, 3.63) is 81.6 Å². The Morgan fingerprint density at radius 2 is 1.85 bits per heavy atom. The molecule has 6 nitrogen and oxygen atoms in total. The van der Waals surface area contributed by atoms with Crippen LogP contribution < -0.4 is 14.8 Å². The van der Waals surface area contributed by atoms with E-state index in [-0.39, 0.29) is 24.3 Å². The molecule has 2 aromatic rings. The summed E-state index contributed by atoms with van der Waals surface area (Å²) in [5.74, 6) is -0.315. The highest BCUT2D eigenvalue weighted by Gasteiger charge is 2.46. The first kappa shape index (κ1) is 24.1. The second kappa shape index (κ2) is 10.1. The molecule has 2 aliphatic rings. The zero-order chi connectivity index (χ0) is 24.4. The molecule has 1 heterocycles. The molecule has 1 aliphatic heterocycles. The topological polar surface area (TPSA) is 73.9 Å². The first-order valence-electron chi connectivity index (χ1n) is 11.2. The summed E-state index contributed by atoms with van der Waals surface area (Å²) in [6.07, 6.45) is 0.949. The number of carbonyl (C=O) groups excluding carboxylic acids is 2. The van der Waals surface area contributed by atoms with Gasteiger partial charge in [-0.05, 0) is 48.6 Å². The SMILES string of the molecule is C=C1NC2=C(C(=O)CC(c3ccc(OC)c(OC)c3)C2)C(c2ccccc2Br)C1C(=O)OCC. The van der Waals surface area contributed by atoms with Crippen LogP contribution in [0.1, 0.15) is 42.7 Å². The third-order valence-electron chi connectivity index (χ3n) is 6.50. The van der Waals surface area contributed by atoms with Crippen molar-refractivity contribution in [3.8, 4) is 11.5 Å². The van der Waals surface area contributed by atoms with Crippen molar-refractivity contribution in [1.29, 1.82) is 0 Å². The molecule has 0 aromatic heterocycles. The number of Topliss-reactive ketones (excluding diaryl/α,β-unsaturated/α-hetero) is 1. The fraction of sp³-hybridized carbons (Fsp3) is 0.333. The van der Waals surface area contributed by atoms with Crippen LogP contribution in [0.4, 0.5) is 0 Å². The van der Waals surface area contributed by atoms with E-state index in [1.165, 1.54) is 0 Å². The standard InChI is InChI=1S/C27H28BrNO5/c1-5-34-27(31)24-15(2)29-20-12-17(16-10-11-22(32-3)23(14-16)33-4)13-21(30)26(20)25(24)18-8-6-7-9-19(18)28/h6-11,14,17,24-25,29H,2,5,12-13H2,1,3-4H3. The minimum atomic E-state index is -0.695. The predicted octanol–water partition coefficient (Wildman–Crippen LogP) is 5.25. The molecule has 0 amide bonds. The van der Waals surface area contributed by atoms with Crippen LogP contribution in [0, 0.1) is 5.92 Å². The Bertz CT molecular complexity index is 1170. The molecule has 0 fully saturated rings. The number of esters is 1. The van der Waals surface area contributed by atoms with E-state index in [0.29, 0.717) is 35.6 Å². The van der Waals surface area contributed by atoms with Crippen molar-refractivity contribution < 1.29 is 23.8 Å². The second-order valence-electron chi connectivity index (χ2n) is 8.41. The van der Waals surface area contributed by atoms with E-state index in [0.717, 1.165) is 21.3 Å². The van der Waals surface area contributed by atoms with Crippen LogP contribution in [0.5, 0.6) is 11.5 Å². The lowest BCUT2D eigenvalue weighted by atomic mass is 9.69. The van der Waals surface area contributed by atoms with Gasteiger partial charge < -0.3 is 19.5 Å². The number of nitrogens with one attached hydrogen (secondary N) is 1. The van der Waals surface area contributed by atoms with Gasteiger partial charge in [-0.3, -0.25) is 9.59 Å². The van der Waals surface area contributed by atoms with E-state index in [1.54, 1.807) is 21.1 Å². The molecule has 178 valence electrons. The number of hydrogen-bond donors (Lipinski definition) is 1. The van der Waals surface area contributed by atoms with Crippen molar-refractivity contribution in [3.63, 3.8) is 0 Å². The molecule has 0 radical (unpaired) electrons. The quantitative estimate of drug-likeness (QED) is 0.519. The first-order chi connectivity index (χ1) is 16.4. The molecule has 3 unspecified atom stereocenters. The summed E-state index contributed by atoms with van der Waals surface area (Å²) < 4.78 is 17.0. The third-order valence-corrected chi connectivity index (χ3v) is 7.22. The maximum Gasteiger partial charge on any atom is 0.315 e. The Labute approximate surface area is 208 Å². The monoisotopic (exact) mass is 525 g/mol. The van der Waals surface area contributed by atoms with E-state index >= 15 is 0 Å². The number of allylic oxidation sites excluding steroid dienone is 2. The Morgan fingerprint density at radius 3 is 2.53 bits per heavy atom. The van der Waals surface area contributed by atoms with Crippen LogP contribution in [0.25, 0.3) is 0 Å². The summed E-state index contributed by atoms with van der Waals surface area (Å²) >= 11 is 3.62. The van der Waals surface area contributed by atoms with Crippen molar-refractivity contribution in [2.45, 2.75) is 31.6 Å². The van der Waals surface area contributed by atoms with Gasteiger partial charge in [-0.15, -0.1) is 0 Å². The number of methoxy groups -OCH3 is 2. The fourth-order valence-corrected chi connectivity index (χ4v) is 5.50. The average molecular weight is 526 g/mol. The van der Waals surface area contributed by atoms with Crippen molar-refractivity contribution >= 4 is 27.7 Å². The maximum absolute atomic E-state index is 13.7. The van der Waals surface area contributed by atoms with Crippen LogP contribution in [0.2, 0.25) is 0 Å². The summed E-state index contributed by atoms with van der Waals surface area (Å²) in [6, 6.07) is 13.4. The number of carbonyl (C=O) groups is 2. The van der Waals surface area contributed by atoms with Crippen LogP contribution in [0.3, 0.4) is 0 Å². The van der Waals surface area contributed by atoms with Gasteiger partial charge in [0.1, 0.15) is 5.92 Å². The van der Waals surface area contributed by atoms with Gasteiger partial charge in [0.2, 0.25) is 0 Å². The van der Waals surface area contributed by atoms with E-state index < -0.39 is 11.8 Å². The van der Waals surface area contributed by atoms with Gasteiger partial charge in [-0.1, -0.05) is 46.8 Å². The predicted molar refractivity (Wildman–Crippen MR) is 133 cm³/mol. The van der Waals surface area contributed by atoms with Gasteiger partial charge in [0.25, 0.3) is 0 Å². The number of rotatable bonds is 6. The molecule has 0 bridgehead atoms. The van der Waals surface area contributed by atoms with Gasteiger partial charge in [-0.25, -0.2) is 0 Å². The lowest BCUT2D eigenvalue weighted by molar-refractivity contribution is -0.147. The van der Waals surface area contributed by atoms with Crippen LogP contribution in [-0.2, 0) is 14.3 Å². The third kappa shape index (κ3) is 4.37. The number of benzene rings is 2. The summed E-state index contributed by atoms with van der Waals surface area (Å²) in [6.45, 7) is 6.19. The summed E-state index contributed by atoms with van der Waals surface area (Å²) in [7, 11) is 3.19. The maximum atomic E-state index is 13.7. The molecular formula is C27H28BrNO5. The molecule has 4 rings (SSSR count).